The first kappa shape index (κ1) is 16.2. The third-order valence-corrected chi connectivity index (χ3v) is 2.85. The Morgan fingerprint density at radius 3 is 2.79 bits per heavy atom. The molecule has 1 aliphatic rings. The van der Waals surface area contributed by atoms with E-state index in [-0.39, 0.29) is 12.2 Å². The van der Waals surface area contributed by atoms with Crippen LogP contribution in [0, 0.1) is 0 Å². The molecule has 1 fully saturated rings. The van der Waals surface area contributed by atoms with Crippen molar-refractivity contribution in [3.63, 3.8) is 0 Å². The second-order valence-corrected chi connectivity index (χ2v) is 5.94. The highest BCUT2D eigenvalue weighted by Crippen LogP contribution is 2.11. The first-order valence-electron chi connectivity index (χ1n) is 6.80. The van der Waals surface area contributed by atoms with Crippen LogP contribution < -0.4 is 5.73 Å². The summed E-state index contributed by atoms with van der Waals surface area (Å²) in [6.07, 6.45) is -0.287. The van der Waals surface area contributed by atoms with Gasteiger partial charge in [-0.25, -0.2) is 4.79 Å². The van der Waals surface area contributed by atoms with Gasteiger partial charge in [0, 0.05) is 33.2 Å². The van der Waals surface area contributed by atoms with Crippen LogP contribution in [0.25, 0.3) is 0 Å². The van der Waals surface area contributed by atoms with Crippen molar-refractivity contribution in [3.8, 4) is 0 Å². The van der Waals surface area contributed by atoms with Gasteiger partial charge in [0.2, 0.25) is 0 Å². The quantitative estimate of drug-likeness (QED) is 0.808. The minimum absolute atomic E-state index is 0.0258. The van der Waals surface area contributed by atoms with Crippen molar-refractivity contribution in [2.24, 2.45) is 5.73 Å². The first-order chi connectivity index (χ1) is 8.81. The molecule has 0 radical (unpaired) electrons. The summed E-state index contributed by atoms with van der Waals surface area (Å²) in [5.41, 5.74) is 5.09. The van der Waals surface area contributed by atoms with Crippen LogP contribution in [0.4, 0.5) is 4.79 Å². The molecule has 0 saturated carbocycles. The second-order valence-electron chi connectivity index (χ2n) is 5.94. The minimum Gasteiger partial charge on any atom is -0.444 e. The number of carbonyl (C=O) groups is 1. The predicted molar refractivity (Wildman–Crippen MR) is 74.1 cm³/mol. The van der Waals surface area contributed by atoms with E-state index in [1.807, 2.05) is 20.8 Å². The van der Waals surface area contributed by atoms with Gasteiger partial charge in [-0.05, 0) is 20.8 Å². The fraction of sp³-hybridized carbons (Fsp3) is 0.923. The van der Waals surface area contributed by atoms with Crippen molar-refractivity contribution < 1.29 is 14.3 Å². The Hall–Kier alpha value is -0.850. The van der Waals surface area contributed by atoms with Crippen LogP contribution in [-0.2, 0) is 9.47 Å². The summed E-state index contributed by atoms with van der Waals surface area (Å²) in [6, 6.07) is 0. The fourth-order valence-electron chi connectivity index (χ4n) is 2.00. The van der Waals surface area contributed by atoms with Crippen LogP contribution in [-0.4, -0.2) is 74.0 Å². The van der Waals surface area contributed by atoms with Gasteiger partial charge in [0.25, 0.3) is 0 Å². The van der Waals surface area contributed by atoms with E-state index >= 15 is 0 Å². The van der Waals surface area contributed by atoms with Gasteiger partial charge in [-0.2, -0.15) is 0 Å². The molecule has 1 atom stereocenters. The van der Waals surface area contributed by atoms with Crippen LogP contribution in [0.3, 0.4) is 0 Å². The molecule has 2 N–H and O–H groups in total. The van der Waals surface area contributed by atoms with E-state index < -0.39 is 5.60 Å². The fourth-order valence-corrected chi connectivity index (χ4v) is 2.00. The number of morpholine rings is 1. The van der Waals surface area contributed by atoms with Gasteiger partial charge in [0.15, 0.2) is 0 Å². The molecular weight excluding hydrogens is 246 g/mol. The number of nitrogens with two attached hydrogens (primary N) is 1. The maximum Gasteiger partial charge on any atom is 0.410 e. The summed E-state index contributed by atoms with van der Waals surface area (Å²) in [5, 5.41) is 0. The molecule has 1 heterocycles. The number of rotatable bonds is 4. The Morgan fingerprint density at radius 2 is 2.21 bits per heavy atom. The van der Waals surface area contributed by atoms with Crippen LogP contribution in [0.2, 0.25) is 0 Å². The largest absolute Gasteiger partial charge is 0.444 e. The number of ether oxygens (including phenoxy) is 2. The van der Waals surface area contributed by atoms with Crippen molar-refractivity contribution in [2.45, 2.75) is 32.5 Å². The Balaban J connectivity index is 2.39. The molecule has 0 spiro atoms. The highest BCUT2D eigenvalue weighted by molar-refractivity contribution is 5.67. The number of hydrogen-bond donors (Lipinski definition) is 1. The standard InChI is InChI=1S/C13H27N3O3/c1-13(2,3)19-12(17)15(4)9-11-10-16(6-5-14)7-8-18-11/h11H,5-10,14H2,1-4H3/t11-/m1/s1. The maximum absolute atomic E-state index is 11.9. The number of carbonyl (C=O) groups excluding carboxylic acids is 1. The number of nitrogens with zero attached hydrogens (tertiary/aromatic N) is 2. The van der Waals surface area contributed by atoms with Crippen LogP contribution >= 0.6 is 0 Å². The molecule has 6 heteroatoms. The first-order valence-corrected chi connectivity index (χ1v) is 6.80. The van der Waals surface area contributed by atoms with E-state index in [4.69, 9.17) is 15.2 Å². The predicted octanol–water partition coefficient (Wildman–Crippen LogP) is 0.513. The van der Waals surface area contributed by atoms with Gasteiger partial charge < -0.3 is 20.1 Å². The average Bonchev–Trinajstić information content (AvgIpc) is 2.27. The zero-order chi connectivity index (χ0) is 14.5. The smallest absolute Gasteiger partial charge is 0.410 e. The summed E-state index contributed by atoms with van der Waals surface area (Å²) in [7, 11) is 1.74. The Kier molecular flexibility index (Phi) is 6.03. The Labute approximate surface area is 115 Å². The lowest BCUT2D eigenvalue weighted by Gasteiger charge is -2.34. The van der Waals surface area contributed by atoms with E-state index in [1.54, 1.807) is 11.9 Å². The zero-order valence-corrected chi connectivity index (χ0v) is 12.5. The average molecular weight is 273 g/mol. The molecule has 0 unspecified atom stereocenters. The van der Waals surface area contributed by atoms with E-state index in [0.717, 1.165) is 19.6 Å². The Morgan fingerprint density at radius 1 is 1.53 bits per heavy atom. The van der Waals surface area contributed by atoms with Crippen molar-refractivity contribution in [1.29, 1.82) is 0 Å². The van der Waals surface area contributed by atoms with Crippen molar-refractivity contribution >= 4 is 6.09 Å². The van der Waals surface area contributed by atoms with Gasteiger partial charge in [0.05, 0.1) is 19.3 Å². The lowest BCUT2D eigenvalue weighted by molar-refractivity contribution is -0.0435. The van der Waals surface area contributed by atoms with Gasteiger partial charge >= 0.3 is 6.09 Å². The summed E-state index contributed by atoms with van der Waals surface area (Å²) in [5.74, 6) is 0. The van der Waals surface area contributed by atoms with Gasteiger partial charge in [-0.15, -0.1) is 0 Å². The summed E-state index contributed by atoms with van der Waals surface area (Å²) >= 11 is 0. The highest BCUT2D eigenvalue weighted by Gasteiger charge is 2.25. The maximum atomic E-state index is 11.9. The van der Waals surface area contributed by atoms with Gasteiger partial charge in [-0.3, -0.25) is 4.90 Å². The van der Waals surface area contributed by atoms with Crippen LogP contribution in [0.1, 0.15) is 20.8 Å². The molecule has 0 aromatic carbocycles. The van der Waals surface area contributed by atoms with Crippen molar-refractivity contribution in [3.05, 3.63) is 0 Å². The van der Waals surface area contributed by atoms with Gasteiger partial charge in [0.1, 0.15) is 5.60 Å². The van der Waals surface area contributed by atoms with E-state index in [2.05, 4.69) is 4.90 Å². The lowest BCUT2D eigenvalue weighted by Crippen LogP contribution is -2.49. The monoisotopic (exact) mass is 273 g/mol. The zero-order valence-electron chi connectivity index (χ0n) is 12.5. The molecule has 112 valence electrons. The van der Waals surface area contributed by atoms with E-state index in [1.165, 1.54) is 0 Å². The molecule has 0 bridgehead atoms. The minimum atomic E-state index is -0.468. The SMILES string of the molecule is CN(C[C@@H]1CN(CCN)CCO1)C(=O)OC(C)(C)C. The molecule has 0 aliphatic carbocycles. The molecule has 1 amide bonds. The molecule has 19 heavy (non-hydrogen) atoms. The molecule has 6 nitrogen and oxygen atoms in total. The van der Waals surface area contributed by atoms with E-state index in [9.17, 15) is 4.79 Å². The molecule has 1 saturated heterocycles. The molecule has 0 aromatic rings. The topological polar surface area (TPSA) is 68.0 Å². The third-order valence-electron chi connectivity index (χ3n) is 2.85. The summed E-state index contributed by atoms with van der Waals surface area (Å²) in [6.45, 7) is 10.0. The third kappa shape index (κ3) is 6.22. The molecule has 1 aliphatic heterocycles. The number of amides is 1. The van der Waals surface area contributed by atoms with Crippen LogP contribution in [0.15, 0.2) is 0 Å². The summed E-state index contributed by atoms with van der Waals surface area (Å²) < 4.78 is 11.0. The normalized spacial score (nSPS) is 21.2. The lowest BCUT2D eigenvalue weighted by atomic mass is 10.2. The van der Waals surface area contributed by atoms with Crippen molar-refractivity contribution in [1.82, 2.24) is 9.80 Å². The van der Waals surface area contributed by atoms with Crippen molar-refractivity contribution in [2.75, 3.05) is 46.4 Å². The van der Waals surface area contributed by atoms with Crippen LogP contribution in [0.5, 0.6) is 0 Å². The highest BCUT2D eigenvalue weighted by atomic mass is 16.6. The van der Waals surface area contributed by atoms with Gasteiger partial charge in [-0.1, -0.05) is 0 Å². The second kappa shape index (κ2) is 7.07. The molecule has 1 rings (SSSR count). The number of likely N-dealkylation sites (N-methyl/N-ethyl adjacent to an activating group) is 1. The summed E-state index contributed by atoms with van der Waals surface area (Å²) in [4.78, 5) is 15.7. The number of hydrogen-bond acceptors (Lipinski definition) is 5. The molecule has 0 aromatic heterocycles. The van der Waals surface area contributed by atoms with E-state index in [0.29, 0.717) is 19.7 Å². The Bertz CT molecular complexity index is 289. The molecular formula is C13H27N3O3.